The SMILES string of the molecule is C=CC(=O)N1CCC(NC(=O)c2sc3nccc4c3c2NC(=O)N4c2ccc(Oc3cccc4ccoc34)cc2C)C1. The summed E-state index contributed by atoms with van der Waals surface area (Å²) in [5.41, 5.74) is 3.22. The molecule has 0 bridgehead atoms. The third-order valence-electron chi connectivity index (χ3n) is 7.54. The number of aromatic nitrogens is 1. The number of benzene rings is 2. The minimum Gasteiger partial charge on any atom is -0.460 e. The molecule has 4 amide bonds. The predicted octanol–water partition coefficient (Wildman–Crippen LogP) is 6.34. The topological polar surface area (TPSA) is 117 Å². The molecule has 1 unspecified atom stereocenters. The Hall–Kier alpha value is -5.16. The number of carbonyl (C=O) groups excluding carboxylic acids is 3. The lowest BCUT2D eigenvalue weighted by atomic mass is 10.1. The lowest BCUT2D eigenvalue weighted by Gasteiger charge is -2.29. The molecule has 10 nitrogen and oxygen atoms in total. The van der Waals surface area contributed by atoms with Gasteiger partial charge < -0.3 is 24.7 Å². The first-order valence-electron chi connectivity index (χ1n) is 13.4. The standard InChI is InChI=1S/C31H25N5O5S/c1-3-24(37)35-13-10-19(16-35)33-29(38)28-26-25-22(9-12-32-30(25)42-28)36(31(39)34-26)21-8-7-20(15-17(21)2)41-23-6-4-5-18-11-14-40-27(18)23/h3-9,11-12,14-15,19H,1,10,13,16H2,2H3,(H,33,38)(H,34,39). The number of anilines is 3. The molecule has 1 fully saturated rings. The Balaban J connectivity index is 1.18. The van der Waals surface area contributed by atoms with E-state index in [1.54, 1.807) is 34.4 Å². The zero-order chi connectivity index (χ0) is 29.0. The number of nitrogens with one attached hydrogen (secondary N) is 2. The lowest BCUT2D eigenvalue weighted by Crippen LogP contribution is -2.39. The van der Waals surface area contributed by atoms with E-state index in [4.69, 9.17) is 9.15 Å². The van der Waals surface area contributed by atoms with Gasteiger partial charge in [0.15, 0.2) is 11.3 Å². The Morgan fingerprint density at radius 1 is 1.21 bits per heavy atom. The number of urea groups is 1. The van der Waals surface area contributed by atoms with Gasteiger partial charge in [0, 0.05) is 30.7 Å². The van der Waals surface area contributed by atoms with Crippen LogP contribution in [0.5, 0.6) is 11.5 Å². The second-order valence-electron chi connectivity index (χ2n) is 10.2. The molecule has 2 aliphatic heterocycles. The van der Waals surface area contributed by atoms with E-state index in [1.165, 1.54) is 17.4 Å². The number of pyridine rings is 1. The van der Waals surface area contributed by atoms with Crippen LogP contribution >= 0.6 is 11.3 Å². The predicted molar refractivity (Wildman–Crippen MR) is 161 cm³/mol. The summed E-state index contributed by atoms with van der Waals surface area (Å²) in [5, 5.41) is 7.60. The molecule has 3 aromatic heterocycles. The van der Waals surface area contributed by atoms with Crippen LogP contribution in [-0.4, -0.2) is 46.9 Å². The normalized spacial score (nSPS) is 16.1. The van der Waals surface area contributed by atoms with E-state index in [0.717, 1.165) is 10.9 Å². The van der Waals surface area contributed by atoms with E-state index in [0.29, 0.717) is 68.7 Å². The number of likely N-dealkylation sites (tertiary alicyclic amines) is 1. The minimum absolute atomic E-state index is 0.158. The molecule has 11 heteroatoms. The second kappa shape index (κ2) is 10.0. The molecule has 2 aliphatic rings. The number of carbonyl (C=O) groups is 3. The molecule has 2 aromatic carbocycles. The average Bonchev–Trinajstić information content (AvgIpc) is 3.74. The van der Waals surface area contributed by atoms with Gasteiger partial charge in [-0.1, -0.05) is 18.7 Å². The van der Waals surface area contributed by atoms with Crippen LogP contribution in [0.25, 0.3) is 21.2 Å². The van der Waals surface area contributed by atoms with E-state index in [1.807, 2.05) is 43.3 Å². The number of fused-ring (bicyclic) bond motifs is 1. The number of thiophene rings is 1. The van der Waals surface area contributed by atoms with E-state index in [-0.39, 0.29) is 23.9 Å². The summed E-state index contributed by atoms with van der Waals surface area (Å²) in [6.07, 6.45) is 5.18. The molecule has 210 valence electrons. The first-order chi connectivity index (χ1) is 20.4. The highest BCUT2D eigenvalue weighted by molar-refractivity contribution is 7.21. The number of furan rings is 1. The molecule has 1 atom stereocenters. The maximum Gasteiger partial charge on any atom is 0.331 e. The van der Waals surface area contributed by atoms with E-state index in [2.05, 4.69) is 22.2 Å². The lowest BCUT2D eigenvalue weighted by molar-refractivity contribution is -0.125. The number of hydrogen-bond acceptors (Lipinski definition) is 7. The summed E-state index contributed by atoms with van der Waals surface area (Å²) in [6.45, 7) is 6.40. The first kappa shape index (κ1) is 25.8. The minimum atomic E-state index is -0.386. The smallest absolute Gasteiger partial charge is 0.331 e. The van der Waals surface area contributed by atoms with Gasteiger partial charge in [-0.15, -0.1) is 11.3 Å². The van der Waals surface area contributed by atoms with E-state index < -0.39 is 0 Å². The van der Waals surface area contributed by atoms with Crippen molar-refractivity contribution in [2.75, 3.05) is 23.3 Å². The number of ether oxygens (including phenoxy) is 1. The van der Waals surface area contributed by atoms with Gasteiger partial charge in [-0.3, -0.25) is 14.5 Å². The fourth-order valence-electron chi connectivity index (χ4n) is 5.56. The van der Waals surface area contributed by atoms with Gasteiger partial charge in [-0.2, -0.15) is 0 Å². The number of amides is 4. The highest BCUT2D eigenvalue weighted by Gasteiger charge is 2.34. The average molecular weight is 580 g/mol. The van der Waals surface area contributed by atoms with Crippen molar-refractivity contribution in [3.05, 3.63) is 84.1 Å². The van der Waals surface area contributed by atoms with Crippen molar-refractivity contribution < 1.29 is 23.5 Å². The van der Waals surface area contributed by atoms with E-state index in [9.17, 15) is 14.4 Å². The number of rotatable bonds is 6. The van der Waals surface area contributed by atoms with Crippen molar-refractivity contribution in [1.29, 1.82) is 0 Å². The molecule has 5 aromatic rings. The van der Waals surface area contributed by atoms with Crippen LogP contribution in [0.1, 0.15) is 21.7 Å². The van der Waals surface area contributed by atoms with Gasteiger partial charge in [0.05, 0.1) is 28.7 Å². The maximum atomic E-state index is 13.6. The fraction of sp³-hybridized carbons (Fsp3) is 0.161. The summed E-state index contributed by atoms with van der Waals surface area (Å²) < 4.78 is 11.7. The van der Waals surface area contributed by atoms with Crippen LogP contribution in [0, 0.1) is 6.92 Å². The molecular formula is C31H25N5O5S. The molecule has 0 radical (unpaired) electrons. The molecular weight excluding hydrogens is 554 g/mol. The molecule has 42 heavy (non-hydrogen) atoms. The largest absolute Gasteiger partial charge is 0.460 e. The quantitative estimate of drug-likeness (QED) is 0.227. The van der Waals surface area contributed by atoms with Crippen molar-refractivity contribution in [2.45, 2.75) is 19.4 Å². The van der Waals surface area contributed by atoms with Crippen LogP contribution in [0.4, 0.5) is 21.9 Å². The number of hydrogen-bond donors (Lipinski definition) is 2. The summed E-state index contributed by atoms with van der Waals surface area (Å²) in [6, 6.07) is 14.3. The Morgan fingerprint density at radius 3 is 2.93 bits per heavy atom. The Kier molecular flexibility index (Phi) is 6.16. The van der Waals surface area contributed by atoms with Crippen molar-refractivity contribution in [2.24, 2.45) is 0 Å². The summed E-state index contributed by atoms with van der Waals surface area (Å²) in [7, 11) is 0. The van der Waals surface area contributed by atoms with Gasteiger partial charge in [0.25, 0.3) is 5.91 Å². The van der Waals surface area contributed by atoms with Crippen LogP contribution in [0.15, 0.2) is 78.1 Å². The molecule has 0 aliphatic carbocycles. The molecule has 1 saturated heterocycles. The monoisotopic (exact) mass is 579 g/mol. The van der Waals surface area contributed by atoms with Gasteiger partial charge >= 0.3 is 6.03 Å². The Bertz CT molecular complexity index is 1930. The third kappa shape index (κ3) is 4.25. The molecule has 0 spiro atoms. The number of nitrogens with zero attached hydrogens (tertiary/aromatic N) is 3. The molecule has 5 heterocycles. The highest BCUT2D eigenvalue weighted by Crippen LogP contribution is 2.46. The van der Waals surface area contributed by atoms with Gasteiger partial charge in [0.1, 0.15) is 15.5 Å². The van der Waals surface area contributed by atoms with Crippen molar-refractivity contribution in [3.8, 4) is 11.5 Å². The van der Waals surface area contributed by atoms with Crippen LogP contribution in [-0.2, 0) is 4.79 Å². The molecule has 0 saturated carbocycles. The third-order valence-corrected chi connectivity index (χ3v) is 8.64. The van der Waals surface area contributed by atoms with Crippen LogP contribution < -0.4 is 20.3 Å². The number of aryl methyl sites for hydroxylation is 1. The summed E-state index contributed by atoms with van der Waals surface area (Å²) >= 11 is 1.22. The second-order valence-corrected chi connectivity index (χ2v) is 11.2. The fourth-order valence-corrected chi connectivity index (χ4v) is 6.58. The molecule has 2 N–H and O–H groups in total. The van der Waals surface area contributed by atoms with Crippen LogP contribution in [0.2, 0.25) is 0 Å². The molecule has 7 rings (SSSR count). The van der Waals surface area contributed by atoms with Gasteiger partial charge in [-0.25, -0.2) is 9.78 Å². The maximum absolute atomic E-state index is 13.6. The summed E-state index contributed by atoms with van der Waals surface area (Å²) in [5.74, 6) is 0.736. The highest BCUT2D eigenvalue weighted by atomic mass is 32.1. The van der Waals surface area contributed by atoms with Gasteiger partial charge in [-0.05, 0) is 61.4 Å². The number of para-hydroxylation sites is 1. The van der Waals surface area contributed by atoms with Gasteiger partial charge in [0.2, 0.25) is 5.91 Å². The Labute approximate surface area is 244 Å². The van der Waals surface area contributed by atoms with Crippen molar-refractivity contribution >= 4 is 67.4 Å². The van der Waals surface area contributed by atoms with E-state index >= 15 is 0 Å². The van der Waals surface area contributed by atoms with Crippen molar-refractivity contribution in [3.63, 3.8) is 0 Å². The Morgan fingerprint density at radius 2 is 2.10 bits per heavy atom. The first-order valence-corrected chi connectivity index (χ1v) is 14.2. The zero-order valence-corrected chi connectivity index (χ0v) is 23.4. The van der Waals surface area contributed by atoms with Crippen LogP contribution in [0.3, 0.4) is 0 Å². The van der Waals surface area contributed by atoms with Crippen molar-refractivity contribution in [1.82, 2.24) is 15.2 Å². The summed E-state index contributed by atoms with van der Waals surface area (Å²) in [4.78, 5) is 47.6. The zero-order valence-electron chi connectivity index (χ0n) is 22.5.